The van der Waals surface area contributed by atoms with Crippen molar-refractivity contribution in [3.8, 4) is 5.75 Å². The van der Waals surface area contributed by atoms with Gasteiger partial charge in [-0.1, -0.05) is 0 Å². The van der Waals surface area contributed by atoms with Crippen LogP contribution in [0, 0.1) is 0 Å². The lowest BCUT2D eigenvalue weighted by atomic mass is 9.91. The van der Waals surface area contributed by atoms with Gasteiger partial charge < -0.3 is 14.5 Å². The fraction of sp³-hybridized carbons (Fsp3) is 0.381. The highest BCUT2D eigenvalue weighted by molar-refractivity contribution is 5.81. The molecule has 0 aliphatic heterocycles. The monoisotopic (exact) mass is 381 g/mol. The molecule has 3 aromatic rings. The van der Waals surface area contributed by atoms with Crippen molar-refractivity contribution < 1.29 is 13.9 Å². The van der Waals surface area contributed by atoms with Crippen LogP contribution in [-0.2, 0) is 4.79 Å². The van der Waals surface area contributed by atoms with E-state index in [1.165, 1.54) is 6.07 Å². The van der Waals surface area contributed by atoms with Crippen LogP contribution in [0.4, 0.5) is 0 Å². The van der Waals surface area contributed by atoms with Gasteiger partial charge in [0.1, 0.15) is 11.3 Å². The van der Waals surface area contributed by atoms with E-state index in [1.807, 2.05) is 16.9 Å². The summed E-state index contributed by atoms with van der Waals surface area (Å²) in [5, 5.41) is 8.20. The van der Waals surface area contributed by atoms with E-state index >= 15 is 0 Å². The summed E-state index contributed by atoms with van der Waals surface area (Å²) in [5.41, 5.74) is 0.0238. The van der Waals surface area contributed by atoms with Crippen LogP contribution in [0.5, 0.6) is 5.75 Å². The Bertz CT molecular complexity index is 1000. The minimum Gasteiger partial charge on any atom is -0.481 e. The molecular formula is C21H23N3O4. The normalized spacial score (nSPS) is 20.6. The lowest BCUT2D eigenvalue weighted by Crippen LogP contribution is -2.44. The average molecular weight is 381 g/mol. The number of nitrogens with zero attached hydrogens (tertiary/aromatic N) is 2. The molecule has 0 saturated heterocycles. The zero-order chi connectivity index (χ0) is 19.5. The lowest BCUT2D eigenvalue weighted by Gasteiger charge is -2.30. The molecule has 1 amide bonds. The van der Waals surface area contributed by atoms with Gasteiger partial charge in [-0.25, -0.2) is 4.79 Å². The maximum atomic E-state index is 12.5. The van der Waals surface area contributed by atoms with Crippen molar-refractivity contribution in [1.29, 1.82) is 0 Å². The third-order valence-corrected chi connectivity index (χ3v) is 5.22. The van der Waals surface area contributed by atoms with Crippen LogP contribution in [0.2, 0.25) is 0 Å². The van der Waals surface area contributed by atoms with Gasteiger partial charge >= 0.3 is 5.63 Å². The highest BCUT2D eigenvalue weighted by Gasteiger charge is 2.25. The number of carbonyl (C=O) groups is 1. The first kappa shape index (κ1) is 18.3. The number of aromatic nitrogens is 2. The third-order valence-electron chi connectivity index (χ3n) is 5.22. The predicted octanol–water partition coefficient (Wildman–Crippen LogP) is 3.06. The summed E-state index contributed by atoms with van der Waals surface area (Å²) < 4.78 is 12.9. The quantitative estimate of drug-likeness (QED) is 0.687. The molecule has 0 bridgehead atoms. The van der Waals surface area contributed by atoms with Crippen LogP contribution in [0.25, 0.3) is 11.0 Å². The first-order valence-corrected chi connectivity index (χ1v) is 9.58. The number of fused-ring (bicyclic) bond motifs is 1. The Hall–Kier alpha value is -3.09. The van der Waals surface area contributed by atoms with Crippen LogP contribution in [-0.4, -0.2) is 27.8 Å². The third kappa shape index (κ3) is 4.08. The molecule has 146 valence electrons. The molecule has 1 aromatic carbocycles. The maximum Gasteiger partial charge on any atom is 0.336 e. The van der Waals surface area contributed by atoms with Gasteiger partial charge in [-0.2, -0.15) is 5.10 Å². The summed E-state index contributed by atoms with van der Waals surface area (Å²) in [5.74, 6) is 0.351. The van der Waals surface area contributed by atoms with E-state index < -0.39 is 11.7 Å². The standard InChI is InChI=1S/C21H23N3O4/c1-14(27-18-9-3-15-4-10-20(25)28-19(15)13-18)21(26)23-16-5-7-17(8-6-16)24-12-2-11-22-24/h2-4,9-14,16-17H,5-8H2,1H3,(H,23,26). The number of amides is 1. The number of hydrogen-bond donors (Lipinski definition) is 1. The summed E-state index contributed by atoms with van der Waals surface area (Å²) in [6, 6.07) is 10.8. The van der Waals surface area contributed by atoms with E-state index in [9.17, 15) is 9.59 Å². The van der Waals surface area contributed by atoms with Gasteiger partial charge in [0, 0.05) is 36.0 Å². The van der Waals surface area contributed by atoms with Gasteiger partial charge in [0.05, 0.1) is 6.04 Å². The molecule has 1 fully saturated rings. The Balaban J connectivity index is 1.32. The topological polar surface area (TPSA) is 86.4 Å². The van der Waals surface area contributed by atoms with E-state index in [4.69, 9.17) is 9.15 Å². The first-order chi connectivity index (χ1) is 13.6. The molecule has 1 aliphatic rings. The van der Waals surface area contributed by atoms with Crippen molar-refractivity contribution in [2.45, 2.75) is 50.8 Å². The summed E-state index contributed by atoms with van der Waals surface area (Å²) in [4.78, 5) is 23.9. The molecule has 1 aliphatic carbocycles. The summed E-state index contributed by atoms with van der Waals surface area (Å²) in [7, 11) is 0. The Labute approximate surface area is 162 Å². The Morgan fingerprint density at radius 1 is 1.25 bits per heavy atom. The zero-order valence-corrected chi connectivity index (χ0v) is 15.7. The van der Waals surface area contributed by atoms with Crippen molar-refractivity contribution in [1.82, 2.24) is 15.1 Å². The van der Waals surface area contributed by atoms with E-state index in [2.05, 4.69) is 10.4 Å². The molecule has 2 heterocycles. The SMILES string of the molecule is CC(Oc1ccc2ccc(=O)oc2c1)C(=O)NC1CCC(n2cccn2)CC1. The van der Waals surface area contributed by atoms with Crippen LogP contribution in [0.15, 0.2) is 58.0 Å². The van der Waals surface area contributed by atoms with Crippen molar-refractivity contribution >= 4 is 16.9 Å². The summed E-state index contributed by atoms with van der Waals surface area (Å²) in [6.45, 7) is 1.72. The molecule has 7 heteroatoms. The highest BCUT2D eigenvalue weighted by Crippen LogP contribution is 2.28. The minimum absolute atomic E-state index is 0.142. The number of nitrogens with one attached hydrogen (secondary N) is 1. The summed E-state index contributed by atoms with van der Waals surface area (Å²) in [6.07, 6.45) is 6.97. The number of benzene rings is 1. The molecular weight excluding hydrogens is 358 g/mol. The molecule has 4 rings (SSSR count). The number of rotatable bonds is 5. The average Bonchev–Trinajstić information content (AvgIpc) is 3.23. The van der Waals surface area contributed by atoms with Gasteiger partial charge in [0.2, 0.25) is 0 Å². The first-order valence-electron chi connectivity index (χ1n) is 9.58. The second-order valence-corrected chi connectivity index (χ2v) is 7.21. The van der Waals surface area contributed by atoms with Gasteiger partial charge in [-0.05, 0) is 56.9 Å². The second kappa shape index (κ2) is 7.88. The van der Waals surface area contributed by atoms with Gasteiger partial charge in [-0.3, -0.25) is 9.48 Å². The Morgan fingerprint density at radius 3 is 2.79 bits per heavy atom. The van der Waals surface area contributed by atoms with Crippen molar-refractivity contribution in [2.24, 2.45) is 0 Å². The van der Waals surface area contributed by atoms with E-state index in [0.717, 1.165) is 31.1 Å². The fourth-order valence-corrected chi connectivity index (χ4v) is 3.67. The van der Waals surface area contributed by atoms with Crippen molar-refractivity contribution in [3.63, 3.8) is 0 Å². The second-order valence-electron chi connectivity index (χ2n) is 7.21. The number of ether oxygens (including phenoxy) is 1. The number of hydrogen-bond acceptors (Lipinski definition) is 5. The van der Waals surface area contributed by atoms with Crippen LogP contribution < -0.4 is 15.7 Å². The molecule has 7 nitrogen and oxygen atoms in total. The van der Waals surface area contributed by atoms with E-state index in [0.29, 0.717) is 17.4 Å². The van der Waals surface area contributed by atoms with Gasteiger partial charge in [-0.15, -0.1) is 0 Å². The molecule has 1 unspecified atom stereocenters. The van der Waals surface area contributed by atoms with Crippen LogP contribution in [0.1, 0.15) is 38.6 Å². The Morgan fingerprint density at radius 2 is 2.04 bits per heavy atom. The van der Waals surface area contributed by atoms with E-state index in [1.54, 1.807) is 37.4 Å². The molecule has 0 radical (unpaired) electrons. The van der Waals surface area contributed by atoms with Crippen molar-refractivity contribution in [2.75, 3.05) is 0 Å². The zero-order valence-electron chi connectivity index (χ0n) is 15.7. The molecule has 0 spiro atoms. The molecule has 28 heavy (non-hydrogen) atoms. The van der Waals surface area contributed by atoms with Crippen molar-refractivity contribution in [3.05, 3.63) is 59.2 Å². The number of carbonyl (C=O) groups excluding carboxylic acids is 1. The minimum atomic E-state index is -0.642. The molecule has 2 aromatic heterocycles. The predicted molar refractivity (Wildman–Crippen MR) is 104 cm³/mol. The smallest absolute Gasteiger partial charge is 0.336 e. The Kier molecular flexibility index (Phi) is 5.14. The molecule has 1 N–H and O–H groups in total. The summed E-state index contributed by atoms with van der Waals surface area (Å²) >= 11 is 0. The highest BCUT2D eigenvalue weighted by atomic mass is 16.5. The molecule has 1 saturated carbocycles. The largest absolute Gasteiger partial charge is 0.481 e. The van der Waals surface area contributed by atoms with Gasteiger partial charge in [0.15, 0.2) is 6.10 Å². The fourth-order valence-electron chi connectivity index (χ4n) is 3.67. The molecule has 1 atom stereocenters. The lowest BCUT2D eigenvalue weighted by molar-refractivity contribution is -0.128. The van der Waals surface area contributed by atoms with E-state index in [-0.39, 0.29) is 11.9 Å². The van der Waals surface area contributed by atoms with Crippen LogP contribution in [0.3, 0.4) is 0 Å². The maximum absolute atomic E-state index is 12.5. The van der Waals surface area contributed by atoms with Gasteiger partial charge in [0.25, 0.3) is 5.91 Å². The van der Waals surface area contributed by atoms with Crippen LogP contribution >= 0.6 is 0 Å².